The zero-order valence-electron chi connectivity index (χ0n) is 14.4. The van der Waals surface area contributed by atoms with Gasteiger partial charge in [0.2, 0.25) is 10.0 Å². The minimum absolute atomic E-state index is 0.0722. The van der Waals surface area contributed by atoms with Crippen molar-refractivity contribution in [3.8, 4) is 11.8 Å². The Bertz CT molecular complexity index is 956. The topological polar surface area (TPSA) is 83.3 Å². The zero-order valence-corrected chi connectivity index (χ0v) is 15.3. The van der Waals surface area contributed by atoms with Crippen molar-refractivity contribution < 1.29 is 26.3 Å². The summed E-state index contributed by atoms with van der Waals surface area (Å²) >= 11 is 0. The third kappa shape index (κ3) is 4.37. The van der Waals surface area contributed by atoms with E-state index in [1.54, 1.807) is 6.07 Å². The molecule has 10 heteroatoms. The van der Waals surface area contributed by atoms with Crippen LogP contribution in [0.4, 0.5) is 13.2 Å². The van der Waals surface area contributed by atoms with Gasteiger partial charge in [0, 0.05) is 18.9 Å². The van der Waals surface area contributed by atoms with Crippen LogP contribution in [0, 0.1) is 11.3 Å². The van der Waals surface area contributed by atoms with Gasteiger partial charge in [-0.15, -0.1) is 0 Å². The van der Waals surface area contributed by atoms with Crippen LogP contribution in [0.1, 0.15) is 24.1 Å². The van der Waals surface area contributed by atoms with E-state index in [1.807, 2.05) is 0 Å². The van der Waals surface area contributed by atoms with E-state index >= 15 is 0 Å². The Morgan fingerprint density at radius 2 is 2.00 bits per heavy atom. The molecule has 1 aromatic carbocycles. The molecule has 1 aromatic heterocycles. The van der Waals surface area contributed by atoms with E-state index in [9.17, 15) is 21.6 Å². The Morgan fingerprint density at radius 1 is 1.30 bits per heavy atom. The lowest BCUT2D eigenvalue weighted by Crippen LogP contribution is -2.42. The number of nitriles is 1. The van der Waals surface area contributed by atoms with Gasteiger partial charge in [0.1, 0.15) is 22.8 Å². The molecule has 0 saturated heterocycles. The first kappa shape index (κ1) is 20.7. The molecule has 0 radical (unpaired) electrons. The molecule has 144 valence electrons. The monoisotopic (exact) mass is 399 g/mol. The maximum atomic E-state index is 13.9. The van der Waals surface area contributed by atoms with E-state index in [-0.39, 0.29) is 16.9 Å². The van der Waals surface area contributed by atoms with E-state index in [4.69, 9.17) is 10.00 Å². The number of alkyl halides is 3. The number of aromatic nitrogens is 1. The Hall–Kier alpha value is -2.64. The van der Waals surface area contributed by atoms with Gasteiger partial charge in [0.25, 0.3) is 0 Å². The summed E-state index contributed by atoms with van der Waals surface area (Å²) in [6.07, 6.45) is -2.84. The first-order valence-electron chi connectivity index (χ1n) is 7.72. The van der Waals surface area contributed by atoms with E-state index in [2.05, 4.69) is 4.98 Å². The van der Waals surface area contributed by atoms with Gasteiger partial charge in [-0.2, -0.15) is 22.7 Å². The Balaban J connectivity index is 2.62. The molecule has 0 aliphatic heterocycles. The third-order valence-corrected chi connectivity index (χ3v) is 5.67. The summed E-state index contributed by atoms with van der Waals surface area (Å²) in [6.45, 7) is 0.860. The fraction of sp³-hybridized carbons (Fsp3) is 0.294. The predicted octanol–water partition coefficient (Wildman–Crippen LogP) is 3.28. The molecule has 6 nitrogen and oxygen atoms in total. The van der Waals surface area contributed by atoms with Gasteiger partial charge >= 0.3 is 6.18 Å². The second-order valence-corrected chi connectivity index (χ2v) is 7.34. The van der Waals surface area contributed by atoms with Gasteiger partial charge in [-0.25, -0.2) is 8.42 Å². The van der Waals surface area contributed by atoms with E-state index in [0.717, 1.165) is 24.5 Å². The average Bonchev–Trinajstić information content (AvgIpc) is 2.64. The number of hydrogen-bond acceptors (Lipinski definition) is 5. The van der Waals surface area contributed by atoms with Crippen LogP contribution in [0.3, 0.4) is 0 Å². The average molecular weight is 399 g/mol. The summed E-state index contributed by atoms with van der Waals surface area (Å²) in [4.78, 5) is 3.14. The number of rotatable bonds is 6. The standard InChI is InChI=1S/C17H16F3N3O3S/c1-3-23(27(24,25)15-7-12(9-21)10-22-11-15)16(17(18,19)20)13-5-4-6-14(8-13)26-2/h4-8,10-11,16H,3H2,1-2H3/t16-/m0/s1. The lowest BCUT2D eigenvalue weighted by molar-refractivity contribution is -0.173. The first-order valence-corrected chi connectivity index (χ1v) is 9.16. The number of halogens is 3. The lowest BCUT2D eigenvalue weighted by Gasteiger charge is -2.31. The maximum absolute atomic E-state index is 13.9. The van der Waals surface area contributed by atoms with Crippen LogP contribution < -0.4 is 4.74 Å². The van der Waals surface area contributed by atoms with Crippen molar-refractivity contribution in [2.75, 3.05) is 13.7 Å². The molecule has 0 fully saturated rings. The van der Waals surface area contributed by atoms with E-state index < -0.39 is 33.7 Å². The van der Waals surface area contributed by atoms with Gasteiger partial charge in [-0.3, -0.25) is 4.98 Å². The lowest BCUT2D eigenvalue weighted by atomic mass is 10.1. The van der Waals surface area contributed by atoms with Crippen molar-refractivity contribution in [1.29, 1.82) is 5.26 Å². The molecule has 1 heterocycles. The van der Waals surface area contributed by atoms with Gasteiger partial charge in [0.05, 0.1) is 12.7 Å². The predicted molar refractivity (Wildman–Crippen MR) is 90.3 cm³/mol. The fourth-order valence-electron chi connectivity index (χ4n) is 2.58. The van der Waals surface area contributed by atoms with Crippen molar-refractivity contribution in [2.24, 2.45) is 0 Å². The van der Waals surface area contributed by atoms with Gasteiger partial charge in [0.15, 0.2) is 0 Å². The summed E-state index contributed by atoms with van der Waals surface area (Å²) < 4.78 is 72.6. The minimum atomic E-state index is -4.88. The molecular formula is C17H16F3N3O3S. The molecule has 0 bridgehead atoms. The van der Waals surface area contributed by atoms with Crippen molar-refractivity contribution in [2.45, 2.75) is 24.0 Å². The second-order valence-electron chi connectivity index (χ2n) is 5.45. The minimum Gasteiger partial charge on any atom is -0.497 e. The summed E-state index contributed by atoms with van der Waals surface area (Å²) in [6, 6.07) is 5.42. The molecule has 2 rings (SSSR count). The molecule has 0 aliphatic carbocycles. The molecule has 0 amide bonds. The van der Waals surface area contributed by atoms with Crippen molar-refractivity contribution >= 4 is 10.0 Å². The fourth-order valence-corrected chi connectivity index (χ4v) is 4.18. The zero-order chi connectivity index (χ0) is 20.2. The molecule has 0 aliphatic rings. The molecule has 2 aromatic rings. The van der Waals surface area contributed by atoms with Crippen molar-refractivity contribution in [3.05, 3.63) is 53.9 Å². The third-order valence-electron chi connectivity index (χ3n) is 3.77. The number of methoxy groups -OCH3 is 1. The summed E-state index contributed by atoms with van der Waals surface area (Å²) in [5.41, 5.74) is -0.353. The van der Waals surface area contributed by atoms with Gasteiger partial charge in [-0.05, 0) is 23.8 Å². The van der Waals surface area contributed by atoms with Crippen molar-refractivity contribution in [3.63, 3.8) is 0 Å². The maximum Gasteiger partial charge on any atom is 0.409 e. The largest absolute Gasteiger partial charge is 0.497 e. The second kappa shape index (κ2) is 7.94. The molecule has 27 heavy (non-hydrogen) atoms. The number of benzene rings is 1. The molecule has 0 N–H and O–H groups in total. The molecule has 0 saturated carbocycles. The summed E-state index contributed by atoms with van der Waals surface area (Å²) in [7, 11) is -3.27. The molecule has 0 spiro atoms. The summed E-state index contributed by atoms with van der Waals surface area (Å²) in [5.74, 6) is 0.170. The van der Waals surface area contributed by atoms with Crippen LogP contribution in [-0.4, -0.2) is 37.5 Å². The van der Waals surface area contributed by atoms with Gasteiger partial charge in [-0.1, -0.05) is 19.1 Å². The number of nitrogens with zero attached hydrogens (tertiary/aromatic N) is 3. The van der Waals surface area contributed by atoms with Crippen LogP contribution >= 0.6 is 0 Å². The number of sulfonamides is 1. The highest BCUT2D eigenvalue weighted by Gasteiger charge is 2.48. The highest BCUT2D eigenvalue weighted by molar-refractivity contribution is 7.89. The van der Waals surface area contributed by atoms with E-state index in [1.165, 1.54) is 32.2 Å². The molecule has 0 unspecified atom stereocenters. The van der Waals surface area contributed by atoms with Crippen LogP contribution in [-0.2, 0) is 10.0 Å². The Kier molecular flexibility index (Phi) is 6.08. The Morgan fingerprint density at radius 3 is 2.56 bits per heavy atom. The quantitative estimate of drug-likeness (QED) is 0.744. The smallest absolute Gasteiger partial charge is 0.409 e. The van der Waals surface area contributed by atoms with Crippen LogP contribution in [0.5, 0.6) is 5.75 Å². The summed E-state index contributed by atoms with van der Waals surface area (Å²) in [5, 5.41) is 8.91. The number of pyridine rings is 1. The SMILES string of the molecule is CCN([C@@H](c1cccc(OC)c1)C(F)(F)F)S(=O)(=O)c1cncc(C#N)c1. The molecular weight excluding hydrogens is 383 g/mol. The number of hydrogen-bond donors (Lipinski definition) is 0. The first-order chi connectivity index (χ1) is 12.6. The highest BCUT2D eigenvalue weighted by atomic mass is 32.2. The van der Waals surface area contributed by atoms with Gasteiger partial charge < -0.3 is 4.74 Å². The Labute approximate surface area is 154 Å². The normalized spacial score (nSPS) is 13.2. The van der Waals surface area contributed by atoms with E-state index in [0.29, 0.717) is 4.31 Å². The van der Waals surface area contributed by atoms with Crippen LogP contribution in [0.15, 0.2) is 47.6 Å². The number of ether oxygens (including phenoxy) is 1. The highest BCUT2D eigenvalue weighted by Crippen LogP contribution is 2.41. The van der Waals surface area contributed by atoms with Crippen molar-refractivity contribution in [1.82, 2.24) is 9.29 Å². The van der Waals surface area contributed by atoms with Crippen LogP contribution in [0.25, 0.3) is 0 Å². The molecule has 1 atom stereocenters. The van der Waals surface area contributed by atoms with Crippen LogP contribution in [0.2, 0.25) is 0 Å².